The van der Waals surface area contributed by atoms with Gasteiger partial charge in [0.05, 0.1) is 23.9 Å². The van der Waals surface area contributed by atoms with E-state index < -0.39 is 0 Å². The van der Waals surface area contributed by atoms with Gasteiger partial charge in [-0.05, 0) is 60.2 Å². The number of thiazole rings is 1. The number of anilines is 1. The average molecular weight is 467 g/mol. The Kier molecular flexibility index (Phi) is 9.31. The van der Waals surface area contributed by atoms with Crippen LogP contribution in [0, 0.1) is 0 Å². The van der Waals surface area contributed by atoms with Crippen LogP contribution in [0.1, 0.15) is 69.9 Å². The Bertz CT molecular complexity index is 1090. The molecule has 0 bridgehead atoms. The molecule has 0 aliphatic carbocycles. The molecule has 176 valence electrons. The molecule has 1 heterocycles. The number of rotatable bonds is 12. The van der Waals surface area contributed by atoms with E-state index in [1.54, 1.807) is 13.2 Å². The molecule has 1 aromatic heterocycles. The quantitative estimate of drug-likeness (QED) is 0.223. The Morgan fingerprint density at radius 3 is 2.73 bits per heavy atom. The van der Waals surface area contributed by atoms with Gasteiger partial charge >= 0.3 is 0 Å². The third kappa shape index (κ3) is 7.06. The fourth-order valence-corrected chi connectivity index (χ4v) is 4.39. The highest BCUT2D eigenvalue weighted by molar-refractivity contribution is 7.22. The van der Waals surface area contributed by atoms with Crippen molar-refractivity contribution >= 4 is 38.7 Å². The van der Waals surface area contributed by atoms with E-state index in [0.717, 1.165) is 34.4 Å². The molecule has 3 rings (SSSR count). The van der Waals surface area contributed by atoms with E-state index in [4.69, 9.17) is 9.47 Å². The van der Waals surface area contributed by atoms with Crippen molar-refractivity contribution in [3.63, 3.8) is 0 Å². The molecular weight excluding hydrogens is 432 g/mol. The van der Waals surface area contributed by atoms with Crippen LogP contribution in [-0.2, 0) is 4.79 Å². The number of fused-ring (bicyclic) bond motifs is 1. The van der Waals surface area contributed by atoms with Crippen LogP contribution in [0.15, 0.2) is 42.5 Å². The van der Waals surface area contributed by atoms with E-state index in [1.165, 1.54) is 42.2 Å². The number of methoxy groups -OCH3 is 1. The summed E-state index contributed by atoms with van der Waals surface area (Å²) in [6.45, 7) is 7.27. The monoisotopic (exact) mass is 466 g/mol. The topological polar surface area (TPSA) is 60.5 Å². The Labute approximate surface area is 200 Å². The van der Waals surface area contributed by atoms with Gasteiger partial charge in [-0.15, -0.1) is 0 Å². The largest absolute Gasteiger partial charge is 0.493 e. The number of unbranched alkanes of at least 4 members (excludes halogenated alkanes) is 3. The molecule has 0 radical (unpaired) electrons. The van der Waals surface area contributed by atoms with Crippen LogP contribution in [0.25, 0.3) is 16.3 Å². The summed E-state index contributed by atoms with van der Waals surface area (Å²) in [7, 11) is 1.62. The Balaban J connectivity index is 1.60. The number of amides is 1. The first kappa shape index (κ1) is 24.8. The maximum absolute atomic E-state index is 12.4. The zero-order valence-corrected chi connectivity index (χ0v) is 20.8. The van der Waals surface area contributed by atoms with Crippen LogP contribution in [0.5, 0.6) is 11.5 Å². The maximum Gasteiger partial charge on any atom is 0.250 e. The normalized spacial score (nSPS) is 12.2. The molecule has 0 saturated carbocycles. The van der Waals surface area contributed by atoms with Gasteiger partial charge in [0.2, 0.25) is 5.91 Å². The van der Waals surface area contributed by atoms with Crippen molar-refractivity contribution in [2.75, 3.05) is 19.0 Å². The predicted molar refractivity (Wildman–Crippen MR) is 139 cm³/mol. The molecule has 0 fully saturated rings. The number of aromatic nitrogens is 1. The first-order chi connectivity index (χ1) is 16.0. The number of nitrogens with zero attached hydrogens (tertiary/aromatic N) is 1. The van der Waals surface area contributed by atoms with E-state index in [0.29, 0.717) is 23.4 Å². The SMILES string of the molecule is CCCCCCOc1ccc(/C=C/C(=O)Nc2nc3ccc(C(C)CC)cc3s2)cc1OC. The highest BCUT2D eigenvalue weighted by Gasteiger charge is 2.10. The highest BCUT2D eigenvalue weighted by Crippen LogP contribution is 2.31. The van der Waals surface area contributed by atoms with Crippen molar-refractivity contribution in [2.24, 2.45) is 0 Å². The van der Waals surface area contributed by atoms with Crippen molar-refractivity contribution in [1.29, 1.82) is 0 Å². The zero-order chi connectivity index (χ0) is 23.6. The number of carbonyl (C=O) groups is 1. The highest BCUT2D eigenvalue weighted by atomic mass is 32.1. The molecule has 0 saturated heterocycles. The van der Waals surface area contributed by atoms with Crippen molar-refractivity contribution < 1.29 is 14.3 Å². The van der Waals surface area contributed by atoms with Gasteiger partial charge in [0.15, 0.2) is 16.6 Å². The van der Waals surface area contributed by atoms with Gasteiger partial charge in [-0.1, -0.05) is 63.5 Å². The van der Waals surface area contributed by atoms with Crippen LogP contribution in [0.3, 0.4) is 0 Å². The molecule has 1 amide bonds. The second-order valence-corrected chi connectivity index (χ2v) is 9.23. The zero-order valence-electron chi connectivity index (χ0n) is 20.0. The van der Waals surface area contributed by atoms with Crippen LogP contribution in [0.4, 0.5) is 5.13 Å². The van der Waals surface area contributed by atoms with Crippen molar-refractivity contribution in [2.45, 2.75) is 58.8 Å². The van der Waals surface area contributed by atoms with Crippen LogP contribution < -0.4 is 14.8 Å². The molecule has 3 aromatic rings. The molecule has 0 aliphatic heterocycles. The van der Waals surface area contributed by atoms with E-state index in [1.807, 2.05) is 24.3 Å². The fourth-order valence-electron chi connectivity index (χ4n) is 3.47. The molecule has 6 heteroatoms. The van der Waals surface area contributed by atoms with Crippen LogP contribution >= 0.6 is 11.3 Å². The van der Waals surface area contributed by atoms with Crippen molar-refractivity contribution in [3.05, 3.63) is 53.6 Å². The van der Waals surface area contributed by atoms with Crippen LogP contribution in [0.2, 0.25) is 0 Å². The number of nitrogens with one attached hydrogen (secondary N) is 1. The van der Waals surface area contributed by atoms with E-state index in [9.17, 15) is 4.79 Å². The molecule has 5 nitrogen and oxygen atoms in total. The van der Waals surface area contributed by atoms with Crippen LogP contribution in [-0.4, -0.2) is 24.6 Å². The number of benzene rings is 2. The minimum absolute atomic E-state index is 0.216. The summed E-state index contributed by atoms with van der Waals surface area (Å²) in [6, 6.07) is 12.0. The van der Waals surface area contributed by atoms with E-state index >= 15 is 0 Å². The van der Waals surface area contributed by atoms with Gasteiger partial charge in [-0.2, -0.15) is 0 Å². The number of ether oxygens (including phenoxy) is 2. The molecule has 2 aromatic carbocycles. The predicted octanol–water partition coefficient (Wildman–Crippen LogP) is 7.43. The number of carbonyl (C=O) groups excluding carboxylic acids is 1. The third-order valence-electron chi connectivity index (χ3n) is 5.69. The third-order valence-corrected chi connectivity index (χ3v) is 6.63. The summed E-state index contributed by atoms with van der Waals surface area (Å²) < 4.78 is 12.4. The molecule has 33 heavy (non-hydrogen) atoms. The summed E-state index contributed by atoms with van der Waals surface area (Å²) in [6.07, 6.45) is 8.99. The summed E-state index contributed by atoms with van der Waals surface area (Å²) in [4.78, 5) is 17.0. The minimum Gasteiger partial charge on any atom is -0.493 e. The van der Waals surface area contributed by atoms with Gasteiger partial charge in [0.1, 0.15) is 0 Å². The number of hydrogen-bond donors (Lipinski definition) is 1. The lowest BCUT2D eigenvalue weighted by Crippen LogP contribution is -2.07. The number of hydrogen-bond acceptors (Lipinski definition) is 5. The standard InChI is InChI=1S/C27H34N2O3S/c1-5-7-8-9-16-32-23-14-10-20(17-24(23)31-4)11-15-26(30)29-27-28-22-13-12-21(19(3)6-2)18-25(22)33-27/h10-15,17-19H,5-9,16H2,1-4H3,(H,28,29,30)/b15-11+. The molecular formula is C27H34N2O3S. The second-order valence-electron chi connectivity index (χ2n) is 8.20. The molecule has 1 N–H and O–H groups in total. The lowest BCUT2D eigenvalue weighted by Gasteiger charge is -2.11. The van der Waals surface area contributed by atoms with E-state index in [-0.39, 0.29) is 5.91 Å². The Hall–Kier alpha value is -2.86. The first-order valence-corrected chi connectivity index (χ1v) is 12.6. The minimum atomic E-state index is -0.216. The molecule has 0 aliphatic rings. The fraction of sp³-hybridized carbons (Fsp3) is 0.407. The molecule has 1 atom stereocenters. The molecule has 1 unspecified atom stereocenters. The Morgan fingerprint density at radius 2 is 1.97 bits per heavy atom. The first-order valence-electron chi connectivity index (χ1n) is 11.7. The lowest BCUT2D eigenvalue weighted by atomic mass is 9.99. The Morgan fingerprint density at radius 1 is 1.12 bits per heavy atom. The average Bonchev–Trinajstić information content (AvgIpc) is 3.23. The van der Waals surface area contributed by atoms with Gasteiger partial charge in [0, 0.05) is 6.08 Å². The van der Waals surface area contributed by atoms with Gasteiger partial charge in [0.25, 0.3) is 0 Å². The molecule has 0 spiro atoms. The summed E-state index contributed by atoms with van der Waals surface area (Å²) in [5.74, 6) is 1.68. The maximum atomic E-state index is 12.4. The summed E-state index contributed by atoms with van der Waals surface area (Å²) >= 11 is 1.50. The van der Waals surface area contributed by atoms with E-state index in [2.05, 4.69) is 43.2 Å². The second kappa shape index (κ2) is 12.4. The smallest absolute Gasteiger partial charge is 0.250 e. The summed E-state index contributed by atoms with van der Waals surface area (Å²) in [5, 5.41) is 3.48. The summed E-state index contributed by atoms with van der Waals surface area (Å²) in [5.41, 5.74) is 3.07. The van der Waals surface area contributed by atoms with Gasteiger partial charge in [-0.3, -0.25) is 10.1 Å². The van der Waals surface area contributed by atoms with Gasteiger partial charge in [-0.25, -0.2) is 4.98 Å². The van der Waals surface area contributed by atoms with Crippen molar-refractivity contribution in [1.82, 2.24) is 4.98 Å². The van der Waals surface area contributed by atoms with Crippen molar-refractivity contribution in [3.8, 4) is 11.5 Å². The van der Waals surface area contributed by atoms with Gasteiger partial charge < -0.3 is 9.47 Å². The lowest BCUT2D eigenvalue weighted by molar-refractivity contribution is -0.111.